The minimum atomic E-state index is -0.0116. The van der Waals surface area contributed by atoms with E-state index in [-0.39, 0.29) is 6.04 Å². The summed E-state index contributed by atoms with van der Waals surface area (Å²) in [5, 5.41) is 12.4. The molecule has 0 radical (unpaired) electrons. The first-order chi connectivity index (χ1) is 9.11. The van der Waals surface area contributed by atoms with Crippen LogP contribution in [-0.4, -0.2) is 4.98 Å². The second kappa shape index (κ2) is 5.59. The highest BCUT2D eigenvalue weighted by molar-refractivity contribution is 6.34. The first-order valence-electron chi connectivity index (χ1n) is 5.78. The maximum absolute atomic E-state index is 8.92. The molecule has 0 saturated heterocycles. The molecule has 0 fully saturated rings. The lowest BCUT2D eigenvalue weighted by molar-refractivity contribution is 0.875. The molecular weight excluding hydrogens is 260 g/mol. The van der Waals surface area contributed by atoms with Gasteiger partial charge in [-0.15, -0.1) is 0 Å². The van der Waals surface area contributed by atoms with Crippen LogP contribution in [0.2, 0.25) is 5.02 Å². The molecule has 0 spiro atoms. The number of pyridine rings is 1. The summed E-state index contributed by atoms with van der Waals surface area (Å²) in [6.45, 7) is 1.98. The lowest BCUT2D eigenvalue weighted by atomic mass is 10.1. The molecular formula is C14H13ClN4. The fourth-order valence-electron chi connectivity index (χ4n) is 1.75. The van der Waals surface area contributed by atoms with Crippen LogP contribution in [0.5, 0.6) is 0 Å². The summed E-state index contributed by atoms with van der Waals surface area (Å²) < 4.78 is 0. The molecule has 0 saturated carbocycles. The number of nitriles is 1. The van der Waals surface area contributed by atoms with E-state index in [4.69, 9.17) is 22.6 Å². The van der Waals surface area contributed by atoms with Crippen molar-refractivity contribution in [1.82, 2.24) is 4.98 Å². The average Bonchev–Trinajstić information content (AvgIpc) is 2.41. The van der Waals surface area contributed by atoms with Gasteiger partial charge in [-0.1, -0.05) is 23.7 Å². The van der Waals surface area contributed by atoms with E-state index >= 15 is 0 Å². The van der Waals surface area contributed by atoms with Crippen LogP contribution in [0.3, 0.4) is 0 Å². The number of nitrogens with two attached hydrogens (primary N) is 1. The summed E-state index contributed by atoms with van der Waals surface area (Å²) in [4.78, 5) is 4.15. The van der Waals surface area contributed by atoms with Crippen molar-refractivity contribution >= 4 is 23.1 Å². The Morgan fingerprint density at radius 2 is 2.21 bits per heavy atom. The fraction of sp³-hybridized carbons (Fsp3) is 0.143. The van der Waals surface area contributed by atoms with Gasteiger partial charge in [-0.3, -0.25) is 0 Å². The second-order valence-electron chi connectivity index (χ2n) is 4.17. The molecule has 2 rings (SSSR count). The standard InChI is InChI=1S/C14H13ClN4/c1-9(10-3-2-4-12(17)7-10)19-14-13(15)11(8-16)5-6-18-14/h2-7,9H,17H2,1H3,(H,18,19). The number of anilines is 2. The van der Waals surface area contributed by atoms with E-state index < -0.39 is 0 Å². The van der Waals surface area contributed by atoms with Crippen molar-refractivity contribution < 1.29 is 0 Å². The molecule has 0 amide bonds. The molecule has 0 aliphatic carbocycles. The van der Waals surface area contributed by atoms with Crippen molar-refractivity contribution in [2.75, 3.05) is 11.1 Å². The van der Waals surface area contributed by atoms with Crippen molar-refractivity contribution in [3.05, 3.63) is 52.7 Å². The molecule has 3 N–H and O–H groups in total. The van der Waals surface area contributed by atoms with Gasteiger partial charge in [0.25, 0.3) is 0 Å². The lowest BCUT2D eigenvalue weighted by Gasteiger charge is -2.16. The van der Waals surface area contributed by atoms with E-state index in [0.29, 0.717) is 22.1 Å². The average molecular weight is 273 g/mol. The number of benzene rings is 1. The smallest absolute Gasteiger partial charge is 0.146 e. The Bertz CT molecular complexity index is 634. The highest BCUT2D eigenvalue weighted by atomic mass is 35.5. The zero-order valence-corrected chi connectivity index (χ0v) is 11.1. The van der Waals surface area contributed by atoms with Gasteiger partial charge in [-0.2, -0.15) is 5.26 Å². The molecule has 4 nitrogen and oxygen atoms in total. The third-order valence-electron chi connectivity index (χ3n) is 2.77. The Morgan fingerprint density at radius 3 is 2.89 bits per heavy atom. The topological polar surface area (TPSA) is 74.7 Å². The number of halogens is 1. The molecule has 0 bridgehead atoms. The molecule has 2 aromatic rings. The Balaban J connectivity index is 2.25. The largest absolute Gasteiger partial charge is 0.399 e. The molecule has 1 atom stereocenters. The summed E-state index contributed by atoms with van der Waals surface area (Å²) >= 11 is 6.10. The predicted octanol–water partition coefficient (Wildman–Crippen LogP) is 3.36. The van der Waals surface area contributed by atoms with Crippen molar-refractivity contribution in [3.63, 3.8) is 0 Å². The number of hydrogen-bond donors (Lipinski definition) is 2. The maximum atomic E-state index is 8.92. The van der Waals surface area contributed by atoms with Gasteiger partial charge in [-0.05, 0) is 30.7 Å². The van der Waals surface area contributed by atoms with Crippen LogP contribution in [0.4, 0.5) is 11.5 Å². The van der Waals surface area contributed by atoms with Gasteiger partial charge >= 0.3 is 0 Å². The number of nitrogen functional groups attached to an aromatic ring is 1. The molecule has 1 heterocycles. The van der Waals surface area contributed by atoms with Gasteiger partial charge in [0.2, 0.25) is 0 Å². The SMILES string of the molecule is CC(Nc1nccc(C#N)c1Cl)c1cccc(N)c1. The van der Waals surface area contributed by atoms with Crippen LogP contribution >= 0.6 is 11.6 Å². The van der Waals surface area contributed by atoms with Crippen LogP contribution in [-0.2, 0) is 0 Å². The van der Waals surface area contributed by atoms with E-state index in [1.807, 2.05) is 37.3 Å². The van der Waals surface area contributed by atoms with Crippen LogP contribution in [0.1, 0.15) is 24.1 Å². The highest BCUT2D eigenvalue weighted by Crippen LogP contribution is 2.27. The van der Waals surface area contributed by atoms with Gasteiger partial charge in [-0.25, -0.2) is 4.98 Å². The summed E-state index contributed by atoms with van der Waals surface area (Å²) in [5.41, 5.74) is 7.89. The zero-order valence-electron chi connectivity index (χ0n) is 10.4. The summed E-state index contributed by atoms with van der Waals surface area (Å²) in [6.07, 6.45) is 1.55. The van der Waals surface area contributed by atoms with Gasteiger partial charge < -0.3 is 11.1 Å². The summed E-state index contributed by atoms with van der Waals surface area (Å²) in [5.74, 6) is 0.496. The molecule has 5 heteroatoms. The highest BCUT2D eigenvalue weighted by Gasteiger charge is 2.11. The Hall–Kier alpha value is -2.25. The Labute approximate surface area is 116 Å². The molecule has 0 aliphatic rings. The summed E-state index contributed by atoms with van der Waals surface area (Å²) in [7, 11) is 0. The van der Waals surface area contributed by atoms with Crippen LogP contribution in [0, 0.1) is 11.3 Å². The third-order valence-corrected chi connectivity index (χ3v) is 3.16. The number of nitrogens with one attached hydrogen (secondary N) is 1. The first-order valence-corrected chi connectivity index (χ1v) is 6.16. The van der Waals surface area contributed by atoms with E-state index in [1.165, 1.54) is 0 Å². The minimum absolute atomic E-state index is 0.0116. The van der Waals surface area contributed by atoms with Crippen LogP contribution in [0.15, 0.2) is 36.5 Å². The Kier molecular flexibility index (Phi) is 3.88. The van der Waals surface area contributed by atoms with Crippen molar-refractivity contribution in [1.29, 1.82) is 5.26 Å². The monoisotopic (exact) mass is 272 g/mol. The minimum Gasteiger partial charge on any atom is -0.399 e. The molecule has 0 aliphatic heterocycles. The molecule has 1 unspecified atom stereocenters. The molecule has 19 heavy (non-hydrogen) atoms. The van der Waals surface area contributed by atoms with Gasteiger partial charge in [0.15, 0.2) is 0 Å². The van der Waals surface area contributed by atoms with E-state index in [9.17, 15) is 0 Å². The Morgan fingerprint density at radius 1 is 1.42 bits per heavy atom. The van der Waals surface area contributed by atoms with E-state index in [1.54, 1.807) is 12.3 Å². The zero-order chi connectivity index (χ0) is 13.8. The van der Waals surface area contributed by atoms with Gasteiger partial charge in [0.05, 0.1) is 11.6 Å². The van der Waals surface area contributed by atoms with Crippen molar-refractivity contribution in [3.8, 4) is 6.07 Å². The van der Waals surface area contributed by atoms with Gasteiger partial charge in [0, 0.05) is 11.9 Å². The third kappa shape index (κ3) is 2.95. The second-order valence-corrected chi connectivity index (χ2v) is 4.55. The predicted molar refractivity (Wildman–Crippen MR) is 76.9 cm³/mol. The first kappa shape index (κ1) is 13.2. The maximum Gasteiger partial charge on any atom is 0.146 e. The van der Waals surface area contributed by atoms with Crippen LogP contribution in [0.25, 0.3) is 0 Å². The molecule has 96 valence electrons. The number of nitrogens with zero attached hydrogens (tertiary/aromatic N) is 2. The van der Waals surface area contributed by atoms with E-state index in [0.717, 1.165) is 5.56 Å². The molecule has 1 aromatic heterocycles. The number of aromatic nitrogens is 1. The van der Waals surface area contributed by atoms with Crippen molar-refractivity contribution in [2.45, 2.75) is 13.0 Å². The number of rotatable bonds is 3. The van der Waals surface area contributed by atoms with Crippen molar-refractivity contribution in [2.24, 2.45) is 0 Å². The fourth-order valence-corrected chi connectivity index (χ4v) is 1.96. The van der Waals surface area contributed by atoms with E-state index in [2.05, 4.69) is 10.3 Å². The summed E-state index contributed by atoms with van der Waals surface area (Å²) in [6, 6.07) is 11.2. The number of hydrogen-bond acceptors (Lipinski definition) is 4. The lowest BCUT2D eigenvalue weighted by Crippen LogP contribution is -2.09. The molecule has 1 aromatic carbocycles. The quantitative estimate of drug-likeness (QED) is 0.840. The van der Waals surface area contributed by atoms with Crippen LogP contribution < -0.4 is 11.1 Å². The normalized spacial score (nSPS) is 11.6. The van der Waals surface area contributed by atoms with Gasteiger partial charge in [0.1, 0.15) is 16.9 Å².